The fourth-order valence-corrected chi connectivity index (χ4v) is 1.82. The largest absolute Gasteiger partial charge is 0.472 e. The van der Waals surface area contributed by atoms with Crippen molar-refractivity contribution < 1.29 is 28.4 Å². The van der Waals surface area contributed by atoms with E-state index < -0.39 is 20.0 Å². The van der Waals surface area contributed by atoms with Crippen LogP contribution in [0.1, 0.15) is 6.42 Å². The van der Waals surface area contributed by atoms with Gasteiger partial charge in [0.1, 0.15) is 18.5 Å². The molecule has 0 amide bonds. The number of carbonyl (C=O) groups is 1. The van der Waals surface area contributed by atoms with Gasteiger partial charge in [-0.1, -0.05) is 0 Å². The minimum absolute atomic E-state index is 0.116. The molecule has 0 aromatic carbocycles. The number of phosphoric ester groups is 1. The molecule has 6 nitrogen and oxygen atoms in total. The van der Waals surface area contributed by atoms with Crippen molar-refractivity contribution in [2.24, 2.45) is 0 Å². The number of aliphatic hydroxyl groups excluding tert-OH is 1. The SMILES string of the molecule is O=CC[C@@H]1OP(=O)(O)OC[C@H]1O. The van der Waals surface area contributed by atoms with E-state index in [0.29, 0.717) is 6.29 Å². The zero-order valence-corrected chi connectivity index (χ0v) is 7.02. The predicted octanol–water partition coefficient (Wildman–Crippen LogP) is -0.548. The van der Waals surface area contributed by atoms with E-state index in [1.807, 2.05) is 0 Å². The molecule has 0 saturated carbocycles. The maximum absolute atomic E-state index is 10.7. The summed E-state index contributed by atoms with van der Waals surface area (Å²) in [6, 6.07) is 0. The molecule has 2 N–H and O–H groups in total. The van der Waals surface area contributed by atoms with Gasteiger partial charge in [-0.3, -0.25) is 9.05 Å². The Morgan fingerprint density at radius 1 is 1.67 bits per heavy atom. The highest BCUT2D eigenvalue weighted by Crippen LogP contribution is 2.48. The number of aliphatic hydroxyl groups is 1. The zero-order chi connectivity index (χ0) is 9.19. The summed E-state index contributed by atoms with van der Waals surface area (Å²) in [5.41, 5.74) is 0. The first kappa shape index (κ1) is 9.83. The molecule has 12 heavy (non-hydrogen) atoms. The van der Waals surface area contributed by atoms with Crippen LogP contribution in [0.4, 0.5) is 0 Å². The molecule has 1 rings (SSSR count). The monoisotopic (exact) mass is 196 g/mol. The van der Waals surface area contributed by atoms with Gasteiger partial charge >= 0.3 is 7.82 Å². The van der Waals surface area contributed by atoms with Gasteiger partial charge in [0.05, 0.1) is 6.61 Å². The van der Waals surface area contributed by atoms with Gasteiger partial charge in [0, 0.05) is 6.42 Å². The molecule has 0 aromatic rings. The lowest BCUT2D eigenvalue weighted by Crippen LogP contribution is -2.36. The molecule has 0 spiro atoms. The molecule has 1 aliphatic rings. The minimum Gasteiger partial charge on any atom is -0.388 e. The summed E-state index contributed by atoms with van der Waals surface area (Å²) < 4.78 is 19.5. The highest BCUT2D eigenvalue weighted by molar-refractivity contribution is 7.47. The van der Waals surface area contributed by atoms with Crippen molar-refractivity contribution in [3.63, 3.8) is 0 Å². The van der Waals surface area contributed by atoms with Crippen molar-refractivity contribution in [2.75, 3.05) is 6.61 Å². The molecular formula is C5H9O6P. The molecule has 0 bridgehead atoms. The smallest absolute Gasteiger partial charge is 0.388 e. The fourth-order valence-electron chi connectivity index (χ4n) is 0.845. The summed E-state index contributed by atoms with van der Waals surface area (Å²) in [5, 5.41) is 9.09. The Hall–Kier alpha value is -0.260. The third-order valence-electron chi connectivity index (χ3n) is 1.43. The average Bonchev–Trinajstić information content (AvgIpc) is 1.97. The lowest BCUT2D eigenvalue weighted by Gasteiger charge is -2.28. The van der Waals surface area contributed by atoms with Crippen LogP contribution in [0.3, 0.4) is 0 Å². The summed E-state index contributed by atoms with van der Waals surface area (Å²) in [4.78, 5) is 18.8. The Labute approximate surface area is 68.7 Å². The molecule has 1 aliphatic heterocycles. The van der Waals surface area contributed by atoms with Gasteiger partial charge in [-0.15, -0.1) is 0 Å². The van der Waals surface area contributed by atoms with Gasteiger partial charge in [-0.05, 0) is 0 Å². The van der Waals surface area contributed by atoms with Gasteiger partial charge in [-0.2, -0.15) is 0 Å². The van der Waals surface area contributed by atoms with E-state index in [-0.39, 0.29) is 13.0 Å². The topological polar surface area (TPSA) is 93.1 Å². The van der Waals surface area contributed by atoms with Crippen molar-refractivity contribution in [1.82, 2.24) is 0 Å². The Balaban J connectivity index is 2.59. The first-order valence-electron chi connectivity index (χ1n) is 3.32. The fraction of sp³-hybridized carbons (Fsp3) is 0.800. The Kier molecular flexibility index (Phi) is 2.98. The standard InChI is InChI=1S/C5H9O6P/c6-2-1-5-4(7)3-10-12(8,9)11-5/h2,4-5,7H,1,3H2,(H,8,9)/t4-,5+/m1/s1. The van der Waals surface area contributed by atoms with E-state index >= 15 is 0 Å². The maximum atomic E-state index is 10.7. The summed E-state index contributed by atoms with van der Waals surface area (Å²) in [6.45, 7) is -0.285. The van der Waals surface area contributed by atoms with Crippen LogP contribution in [-0.2, 0) is 18.4 Å². The van der Waals surface area contributed by atoms with Crippen LogP contribution in [0.5, 0.6) is 0 Å². The summed E-state index contributed by atoms with van der Waals surface area (Å²) in [7, 11) is -4.03. The van der Waals surface area contributed by atoms with Gasteiger partial charge in [0.25, 0.3) is 0 Å². The second-order valence-corrected chi connectivity index (χ2v) is 3.78. The first-order chi connectivity index (χ1) is 5.55. The van der Waals surface area contributed by atoms with Crippen molar-refractivity contribution >= 4 is 14.1 Å². The number of aldehydes is 1. The van der Waals surface area contributed by atoms with Gasteiger partial charge in [0.2, 0.25) is 0 Å². The molecule has 1 fully saturated rings. The van der Waals surface area contributed by atoms with Crippen molar-refractivity contribution in [3.05, 3.63) is 0 Å². The minimum atomic E-state index is -4.03. The lowest BCUT2D eigenvalue weighted by molar-refractivity contribution is -0.113. The number of hydrogen-bond donors (Lipinski definition) is 2. The van der Waals surface area contributed by atoms with E-state index in [4.69, 9.17) is 10.00 Å². The lowest BCUT2D eigenvalue weighted by atomic mass is 10.2. The third-order valence-corrected chi connectivity index (χ3v) is 2.45. The molecular weight excluding hydrogens is 187 g/mol. The van der Waals surface area contributed by atoms with Crippen molar-refractivity contribution in [2.45, 2.75) is 18.6 Å². The molecule has 1 unspecified atom stereocenters. The van der Waals surface area contributed by atoms with E-state index in [1.54, 1.807) is 0 Å². The highest BCUT2D eigenvalue weighted by atomic mass is 31.2. The van der Waals surface area contributed by atoms with E-state index in [0.717, 1.165) is 0 Å². The van der Waals surface area contributed by atoms with Crippen LogP contribution in [0, 0.1) is 0 Å². The van der Waals surface area contributed by atoms with Gasteiger partial charge < -0.3 is 14.8 Å². The zero-order valence-electron chi connectivity index (χ0n) is 6.12. The number of carbonyl (C=O) groups excluding carboxylic acids is 1. The quantitative estimate of drug-likeness (QED) is 0.454. The summed E-state index contributed by atoms with van der Waals surface area (Å²) in [5.74, 6) is 0. The van der Waals surface area contributed by atoms with Crippen LogP contribution in [0.25, 0.3) is 0 Å². The molecule has 1 saturated heterocycles. The normalized spacial score (nSPS) is 42.5. The van der Waals surface area contributed by atoms with Gasteiger partial charge in [-0.25, -0.2) is 4.57 Å². The maximum Gasteiger partial charge on any atom is 0.472 e. The van der Waals surface area contributed by atoms with Crippen LogP contribution in [0.15, 0.2) is 0 Å². The average molecular weight is 196 g/mol. The molecule has 3 atom stereocenters. The van der Waals surface area contributed by atoms with Crippen LogP contribution >= 0.6 is 7.82 Å². The Morgan fingerprint density at radius 2 is 2.33 bits per heavy atom. The Bertz CT molecular complexity index is 216. The first-order valence-corrected chi connectivity index (χ1v) is 4.82. The van der Waals surface area contributed by atoms with E-state index in [9.17, 15) is 9.36 Å². The number of hydrogen-bond acceptors (Lipinski definition) is 5. The molecule has 0 radical (unpaired) electrons. The van der Waals surface area contributed by atoms with Crippen molar-refractivity contribution in [1.29, 1.82) is 0 Å². The Morgan fingerprint density at radius 3 is 2.92 bits per heavy atom. The number of phosphoric acid groups is 1. The highest BCUT2D eigenvalue weighted by Gasteiger charge is 2.37. The molecule has 7 heteroatoms. The van der Waals surface area contributed by atoms with Crippen molar-refractivity contribution in [3.8, 4) is 0 Å². The summed E-state index contributed by atoms with van der Waals surface area (Å²) >= 11 is 0. The predicted molar refractivity (Wildman–Crippen MR) is 37.3 cm³/mol. The van der Waals surface area contributed by atoms with Crippen LogP contribution in [0.2, 0.25) is 0 Å². The second kappa shape index (κ2) is 3.64. The molecule has 1 heterocycles. The molecule has 70 valence electrons. The third kappa shape index (κ3) is 2.36. The van der Waals surface area contributed by atoms with E-state index in [2.05, 4.69) is 9.05 Å². The summed E-state index contributed by atoms with van der Waals surface area (Å²) in [6.07, 6.45) is -1.56. The number of rotatable bonds is 2. The second-order valence-electron chi connectivity index (χ2n) is 2.38. The molecule has 0 aromatic heterocycles. The van der Waals surface area contributed by atoms with Crippen LogP contribution < -0.4 is 0 Å². The van der Waals surface area contributed by atoms with Gasteiger partial charge in [0.15, 0.2) is 0 Å². The molecule has 0 aliphatic carbocycles. The van der Waals surface area contributed by atoms with Crippen LogP contribution in [-0.4, -0.2) is 35.1 Å². The van der Waals surface area contributed by atoms with E-state index in [1.165, 1.54) is 0 Å².